The van der Waals surface area contributed by atoms with Crippen LogP contribution in [0.1, 0.15) is 55.7 Å². The van der Waals surface area contributed by atoms with E-state index >= 15 is 4.39 Å². The Morgan fingerprint density at radius 3 is 2.72 bits per heavy atom. The van der Waals surface area contributed by atoms with Crippen LogP contribution in [0.25, 0.3) is 0 Å². The summed E-state index contributed by atoms with van der Waals surface area (Å²) in [5.74, 6) is 0.454. The van der Waals surface area contributed by atoms with E-state index in [2.05, 4.69) is 35.8 Å². The fourth-order valence-electron chi connectivity index (χ4n) is 3.49. The monoisotopic (exact) mass is 339 g/mol. The largest absolute Gasteiger partial charge is 0.402 e. The third-order valence-electron chi connectivity index (χ3n) is 4.97. The normalized spacial score (nSPS) is 22.2. The smallest absolute Gasteiger partial charge is 0.213 e. The van der Waals surface area contributed by atoms with Crippen LogP contribution in [0.5, 0.6) is 0 Å². The molecule has 1 fully saturated rings. The highest BCUT2D eigenvalue weighted by molar-refractivity contribution is 6.10. The Hall–Kier alpha value is -2.16. The number of hydrogen-bond donors (Lipinski definition) is 1. The van der Waals surface area contributed by atoms with Gasteiger partial charge in [-0.2, -0.15) is 0 Å². The van der Waals surface area contributed by atoms with Crippen molar-refractivity contribution in [2.24, 2.45) is 5.73 Å². The molecule has 2 nitrogen and oxygen atoms in total. The number of hydrogen-bond acceptors (Lipinski definition) is 1. The predicted molar refractivity (Wildman–Crippen MR) is 103 cm³/mol. The van der Waals surface area contributed by atoms with Crippen molar-refractivity contribution < 1.29 is 8.97 Å². The van der Waals surface area contributed by atoms with Gasteiger partial charge in [0.2, 0.25) is 5.71 Å². The summed E-state index contributed by atoms with van der Waals surface area (Å²) in [5.41, 5.74) is 11.6. The SMILES string of the molecule is C/C(N)=C\C[N+]1=C(c2c(C)cc(C3CC3)cc2F)/C(C)=C/C=C\CC1. The van der Waals surface area contributed by atoms with Crippen LogP contribution in [0, 0.1) is 12.7 Å². The Kier molecular flexibility index (Phi) is 5.22. The zero-order valence-corrected chi connectivity index (χ0v) is 15.5. The summed E-state index contributed by atoms with van der Waals surface area (Å²) < 4.78 is 17.4. The highest BCUT2D eigenvalue weighted by Crippen LogP contribution is 2.41. The van der Waals surface area contributed by atoms with Gasteiger partial charge in [0, 0.05) is 17.7 Å². The third-order valence-corrected chi connectivity index (χ3v) is 4.97. The molecular weight excluding hydrogens is 311 g/mol. The molecule has 1 aliphatic heterocycles. The standard InChI is InChI=1S/C22H28FN2/c1-15-7-5-4-6-11-25(12-10-17(3)24)22(15)21-16(2)13-19(14-20(21)23)18-8-9-18/h4-5,7,10,13-14,18H,6,8-9,11-12,24H2,1-3H3/q+1/b5-4-,15-7+,17-10+,25-22?. The number of nitrogens with two attached hydrogens (primary N) is 1. The van der Waals surface area contributed by atoms with Crippen molar-refractivity contribution in [3.05, 3.63) is 70.2 Å². The second kappa shape index (κ2) is 7.38. The van der Waals surface area contributed by atoms with Crippen molar-refractivity contribution in [1.82, 2.24) is 0 Å². The quantitative estimate of drug-likeness (QED) is 0.799. The molecule has 1 saturated carbocycles. The fraction of sp³-hybridized carbons (Fsp3) is 0.409. The highest BCUT2D eigenvalue weighted by Gasteiger charge is 2.29. The molecule has 0 bridgehead atoms. The van der Waals surface area contributed by atoms with Crippen molar-refractivity contribution in [3.63, 3.8) is 0 Å². The van der Waals surface area contributed by atoms with E-state index in [1.54, 1.807) is 6.07 Å². The lowest BCUT2D eigenvalue weighted by atomic mass is 9.94. The van der Waals surface area contributed by atoms with E-state index in [1.807, 2.05) is 19.9 Å². The van der Waals surface area contributed by atoms with Crippen molar-refractivity contribution in [1.29, 1.82) is 0 Å². The van der Waals surface area contributed by atoms with Crippen LogP contribution in [0.3, 0.4) is 0 Å². The molecule has 0 radical (unpaired) electrons. The molecule has 2 aliphatic rings. The highest BCUT2D eigenvalue weighted by atomic mass is 19.1. The number of benzene rings is 1. The lowest BCUT2D eigenvalue weighted by molar-refractivity contribution is -0.516. The first-order chi connectivity index (χ1) is 12.0. The van der Waals surface area contributed by atoms with E-state index < -0.39 is 0 Å². The van der Waals surface area contributed by atoms with E-state index in [0.29, 0.717) is 12.5 Å². The van der Waals surface area contributed by atoms with Gasteiger partial charge in [-0.25, -0.2) is 8.97 Å². The van der Waals surface area contributed by atoms with Gasteiger partial charge in [-0.05, 0) is 62.8 Å². The van der Waals surface area contributed by atoms with E-state index in [-0.39, 0.29) is 5.82 Å². The molecule has 0 spiro atoms. The molecule has 132 valence electrons. The van der Waals surface area contributed by atoms with Gasteiger partial charge in [0.25, 0.3) is 0 Å². The lowest BCUT2D eigenvalue weighted by Crippen LogP contribution is -2.27. The van der Waals surface area contributed by atoms with Crippen LogP contribution in [0.4, 0.5) is 4.39 Å². The first-order valence-electron chi connectivity index (χ1n) is 9.15. The summed E-state index contributed by atoms with van der Waals surface area (Å²) in [4.78, 5) is 0. The van der Waals surface area contributed by atoms with Crippen LogP contribution in [0.15, 0.2) is 47.7 Å². The number of allylic oxidation sites excluding steroid dienone is 4. The summed E-state index contributed by atoms with van der Waals surface area (Å²) in [6.07, 6.45) is 11.6. The maximum absolute atomic E-state index is 15.1. The maximum Gasteiger partial charge on any atom is 0.213 e. The Balaban J connectivity index is 2.15. The van der Waals surface area contributed by atoms with Crippen LogP contribution in [-0.2, 0) is 0 Å². The van der Waals surface area contributed by atoms with Gasteiger partial charge in [0.05, 0.1) is 5.56 Å². The second-order valence-electron chi connectivity index (χ2n) is 7.28. The van der Waals surface area contributed by atoms with Gasteiger partial charge in [0.15, 0.2) is 6.54 Å². The minimum absolute atomic E-state index is 0.104. The average molecular weight is 339 g/mol. The molecule has 0 saturated heterocycles. The van der Waals surface area contributed by atoms with Gasteiger partial charge in [-0.1, -0.05) is 24.3 Å². The van der Waals surface area contributed by atoms with E-state index in [4.69, 9.17) is 5.73 Å². The number of rotatable bonds is 4. The summed E-state index contributed by atoms with van der Waals surface area (Å²) in [6, 6.07) is 3.92. The molecule has 1 aliphatic carbocycles. The van der Waals surface area contributed by atoms with E-state index in [0.717, 1.165) is 46.6 Å². The van der Waals surface area contributed by atoms with Crippen LogP contribution in [0.2, 0.25) is 0 Å². The molecular formula is C22H28FN2+. The predicted octanol–water partition coefficient (Wildman–Crippen LogP) is 4.58. The fourth-order valence-corrected chi connectivity index (χ4v) is 3.49. The number of nitrogens with zero attached hydrogens (tertiary/aromatic N) is 1. The molecule has 1 aromatic carbocycles. The molecule has 0 unspecified atom stereocenters. The Morgan fingerprint density at radius 1 is 1.32 bits per heavy atom. The van der Waals surface area contributed by atoms with Gasteiger partial charge in [-0.3, -0.25) is 0 Å². The molecule has 3 rings (SSSR count). The average Bonchev–Trinajstić information content (AvgIpc) is 3.36. The summed E-state index contributed by atoms with van der Waals surface area (Å²) in [5, 5.41) is 0. The van der Waals surface area contributed by atoms with Crippen molar-refractivity contribution in [2.45, 2.75) is 46.0 Å². The first kappa shape index (κ1) is 17.7. The zero-order chi connectivity index (χ0) is 18.0. The van der Waals surface area contributed by atoms with Crippen molar-refractivity contribution >= 4 is 5.71 Å². The molecule has 1 heterocycles. The Morgan fingerprint density at radius 2 is 2.08 bits per heavy atom. The molecule has 0 atom stereocenters. The molecule has 25 heavy (non-hydrogen) atoms. The van der Waals surface area contributed by atoms with Crippen molar-refractivity contribution in [3.8, 4) is 0 Å². The van der Waals surface area contributed by atoms with E-state index in [1.165, 1.54) is 12.8 Å². The first-order valence-corrected chi connectivity index (χ1v) is 9.15. The Labute approximate surface area is 150 Å². The second-order valence-corrected chi connectivity index (χ2v) is 7.28. The van der Waals surface area contributed by atoms with Crippen molar-refractivity contribution in [2.75, 3.05) is 13.1 Å². The van der Waals surface area contributed by atoms with Gasteiger partial charge in [0.1, 0.15) is 12.4 Å². The topological polar surface area (TPSA) is 29.0 Å². The third kappa shape index (κ3) is 4.09. The summed E-state index contributed by atoms with van der Waals surface area (Å²) >= 11 is 0. The summed E-state index contributed by atoms with van der Waals surface area (Å²) in [7, 11) is 0. The van der Waals surface area contributed by atoms with Gasteiger partial charge >= 0.3 is 0 Å². The van der Waals surface area contributed by atoms with Gasteiger partial charge < -0.3 is 5.73 Å². The molecule has 2 N–H and O–H groups in total. The summed E-state index contributed by atoms with van der Waals surface area (Å²) in [6.45, 7) is 7.53. The maximum atomic E-state index is 15.1. The van der Waals surface area contributed by atoms with Crippen LogP contribution >= 0.6 is 0 Å². The molecule has 3 heteroatoms. The zero-order valence-electron chi connectivity index (χ0n) is 15.5. The van der Waals surface area contributed by atoms with E-state index in [9.17, 15) is 0 Å². The molecule has 1 aromatic rings. The molecule has 0 aromatic heterocycles. The number of aryl methyl sites for hydroxylation is 1. The minimum Gasteiger partial charge on any atom is -0.402 e. The molecule has 0 amide bonds. The lowest BCUT2D eigenvalue weighted by Gasteiger charge is -2.15. The Bertz CT molecular complexity index is 765. The number of halogens is 1. The van der Waals surface area contributed by atoms with Crippen LogP contribution in [-0.4, -0.2) is 23.4 Å². The van der Waals surface area contributed by atoms with Gasteiger partial charge in [-0.15, -0.1) is 0 Å². The van der Waals surface area contributed by atoms with Crippen LogP contribution < -0.4 is 5.73 Å². The minimum atomic E-state index is -0.104.